The molecule has 0 spiro atoms. The lowest BCUT2D eigenvalue weighted by atomic mass is 10.0. The SMILES string of the molecule is CCOc1ccc(-c2cc(C(=O)O)c3c(-c4ccc(F)cc4)[nH]nc3n2)cc1. The molecule has 140 valence electrons. The molecule has 0 fully saturated rings. The summed E-state index contributed by atoms with van der Waals surface area (Å²) in [5.74, 6) is -0.740. The van der Waals surface area contributed by atoms with E-state index in [1.807, 2.05) is 19.1 Å². The Morgan fingerprint density at radius 3 is 2.43 bits per heavy atom. The van der Waals surface area contributed by atoms with Crippen molar-refractivity contribution in [2.45, 2.75) is 6.92 Å². The number of carbonyl (C=O) groups is 1. The van der Waals surface area contributed by atoms with E-state index in [4.69, 9.17) is 4.74 Å². The zero-order valence-electron chi connectivity index (χ0n) is 14.9. The van der Waals surface area contributed by atoms with Crippen molar-refractivity contribution < 1.29 is 19.0 Å². The Labute approximate surface area is 159 Å². The Morgan fingerprint density at radius 2 is 1.79 bits per heavy atom. The van der Waals surface area contributed by atoms with Gasteiger partial charge in [-0.2, -0.15) is 5.10 Å². The molecule has 0 saturated heterocycles. The molecule has 0 aliphatic heterocycles. The van der Waals surface area contributed by atoms with Gasteiger partial charge in [-0.05, 0) is 61.5 Å². The molecule has 0 atom stereocenters. The van der Waals surface area contributed by atoms with Gasteiger partial charge in [-0.15, -0.1) is 0 Å². The molecule has 0 unspecified atom stereocenters. The minimum atomic E-state index is -1.09. The molecule has 0 saturated carbocycles. The Kier molecular flexibility index (Phi) is 4.49. The third-order valence-corrected chi connectivity index (χ3v) is 4.35. The third-order valence-electron chi connectivity index (χ3n) is 4.35. The maximum atomic E-state index is 13.2. The average Bonchev–Trinajstić information content (AvgIpc) is 3.12. The van der Waals surface area contributed by atoms with E-state index in [2.05, 4.69) is 15.2 Å². The summed E-state index contributed by atoms with van der Waals surface area (Å²) in [6, 6.07) is 14.5. The summed E-state index contributed by atoms with van der Waals surface area (Å²) in [6.07, 6.45) is 0. The monoisotopic (exact) mass is 377 g/mol. The zero-order valence-corrected chi connectivity index (χ0v) is 14.9. The number of nitrogens with zero attached hydrogens (tertiary/aromatic N) is 2. The first-order valence-corrected chi connectivity index (χ1v) is 8.68. The second-order valence-corrected chi connectivity index (χ2v) is 6.12. The standard InChI is InChI=1S/C21H16FN3O3/c1-2-28-15-9-5-12(6-10-15)17-11-16(21(26)27)18-19(24-25-20(18)23-17)13-3-7-14(22)8-4-13/h3-11H,2H2,1H3,(H,26,27)(H,23,24,25). The molecule has 28 heavy (non-hydrogen) atoms. The molecule has 0 aliphatic rings. The fourth-order valence-corrected chi connectivity index (χ4v) is 3.05. The number of pyridine rings is 1. The van der Waals surface area contributed by atoms with E-state index in [0.29, 0.717) is 28.9 Å². The van der Waals surface area contributed by atoms with E-state index in [9.17, 15) is 14.3 Å². The van der Waals surface area contributed by atoms with E-state index >= 15 is 0 Å². The minimum Gasteiger partial charge on any atom is -0.494 e. The van der Waals surface area contributed by atoms with Crippen molar-refractivity contribution in [2.24, 2.45) is 0 Å². The molecule has 2 N–H and O–H groups in total. The fourth-order valence-electron chi connectivity index (χ4n) is 3.05. The average molecular weight is 377 g/mol. The number of aromatic carboxylic acids is 1. The van der Waals surface area contributed by atoms with Crippen LogP contribution in [0.25, 0.3) is 33.5 Å². The van der Waals surface area contributed by atoms with Crippen LogP contribution in [0.15, 0.2) is 54.6 Å². The van der Waals surface area contributed by atoms with Crippen LogP contribution in [0.3, 0.4) is 0 Å². The molecule has 2 aromatic carbocycles. The van der Waals surface area contributed by atoms with Crippen molar-refractivity contribution in [3.8, 4) is 28.3 Å². The third kappa shape index (κ3) is 3.18. The second kappa shape index (κ2) is 7.11. The van der Waals surface area contributed by atoms with Crippen molar-refractivity contribution in [1.29, 1.82) is 0 Å². The summed E-state index contributed by atoms with van der Waals surface area (Å²) in [7, 11) is 0. The highest BCUT2D eigenvalue weighted by molar-refractivity contribution is 6.08. The molecular weight excluding hydrogens is 361 g/mol. The minimum absolute atomic E-state index is 0.0713. The molecule has 2 heterocycles. The number of hydrogen-bond donors (Lipinski definition) is 2. The molecule has 6 nitrogen and oxygen atoms in total. The van der Waals surface area contributed by atoms with Gasteiger partial charge >= 0.3 is 5.97 Å². The summed E-state index contributed by atoms with van der Waals surface area (Å²) in [5.41, 5.74) is 2.70. The number of fused-ring (bicyclic) bond motifs is 1. The van der Waals surface area contributed by atoms with Crippen LogP contribution >= 0.6 is 0 Å². The second-order valence-electron chi connectivity index (χ2n) is 6.12. The van der Waals surface area contributed by atoms with Gasteiger partial charge in [-0.1, -0.05) is 0 Å². The predicted molar refractivity (Wildman–Crippen MR) is 103 cm³/mol. The van der Waals surface area contributed by atoms with Gasteiger partial charge in [0.15, 0.2) is 5.65 Å². The maximum absolute atomic E-state index is 13.2. The molecule has 0 radical (unpaired) electrons. The van der Waals surface area contributed by atoms with Gasteiger partial charge in [0.25, 0.3) is 0 Å². The van der Waals surface area contributed by atoms with Crippen LogP contribution in [-0.4, -0.2) is 32.9 Å². The van der Waals surface area contributed by atoms with Gasteiger partial charge in [-0.3, -0.25) is 5.10 Å². The van der Waals surface area contributed by atoms with E-state index in [0.717, 1.165) is 11.3 Å². The van der Waals surface area contributed by atoms with Gasteiger partial charge in [-0.25, -0.2) is 14.2 Å². The van der Waals surface area contributed by atoms with E-state index in [-0.39, 0.29) is 17.0 Å². The quantitative estimate of drug-likeness (QED) is 0.534. The summed E-state index contributed by atoms with van der Waals surface area (Å²) in [6.45, 7) is 2.46. The molecule has 7 heteroatoms. The van der Waals surface area contributed by atoms with Crippen LogP contribution < -0.4 is 4.74 Å². The van der Waals surface area contributed by atoms with Crippen molar-refractivity contribution in [1.82, 2.24) is 15.2 Å². The van der Waals surface area contributed by atoms with Crippen molar-refractivity contribution >= 4 is 17.0 Å². The van der Waals surface area contributed by atoms with Crippen LogP contribution in [0, 0.1) is 5.82 Å². The van der Waals surface area contributed by atoms with Crippen molar-refractivity contribution in [3.05, 3.63) is 66.0 Å². The van der Waals surface area contributed by atoms with E-state index < -0.39 is 5.97 Å². The van der Waals surface area contributed by atoms with Gasteiger partial charge in [0, 0.05) is 11.1 Å². The lowest BCUT2D eigenvalue weighted by Crippen LogP contribution is -2.00. The Morgan fingerprint density at radius 1 is 1.11 bits per heavy atom. The van der Waals surface area contributed by atoms with Crippen LogP contribution in [-0.2, 0) is 0 Å². The molecule has 4 rings (SSSR count). The Hall–Kier alpha value is -3.74. The lowest BCUT2D eigenvalue weighted by molar-refractivity contribution is 0.0699. The number of nitrogens with one attached hydrogen (secondary N) is 1. The summed E-state index contributed by atoms with van der Waals surface area (Å²) < 4.78 is 18.7. The first kappa shape index (κ1) is 17.7. The van der Waals surface area contributed by atoms with Crippen LogP contribution in [0.1, 0.15) is 17.3 Å². The molecular formula is C21H16FN3O3. The number of aromatic amines is 1. The number of H-pyrrole nitrogens is 1. The summed E-state index contributed by atoms with van der Waals surface area (Å²) in [5, 5.41) is 17.1. The van der Waals surface area contributed by atoms with Crippen LogP contribution in [0.5, 0.6) is 5.75 Å². The first-order valence-electron chi connectivity index (χ1n) is 8.68. The van der Waals surface area contributed by atoms with Gasteiger partial charge < -0.3 is 9.84 Å². The highest BCUT2D eigenvalue weighted by Crippen LogP contribution is 2.32. The zero-order chi connectivity index (χ0) is 19.7. The van der Waals surface area contributed by atoms with Crippen molar-refractivity contribution in [2.75, 3.05) is 6.61 Å². The van der Waals surface area contributed by atoms with Crippen LogP contribution in [0.2, 0.25) is 0 Å². The normalized spacial score (nSPS) is 10.9. The molecule has 0 aliphatic carbocycles. The number of rotatable bonds is 5. The molecule has 0 amide bonds. The smallest absolute Gasteiger partial charge is 0.336 e. The van der Waals surface area contributed by atoms with Gasteiger partial charge in [0.05, 0.1) is 28.9 Å². The first-order chi connectivity index (χ1) is 13.6. The number of aromatic nitrogens is 3. The number of halogens is 1. The molecule has 4 aromatic rings. The molecule has 2 aromatic heterocycles. The lowest BCUT2D eigenvalue weighted by Gasteiger charge is -2.07. The topological polar surface area (TPSA) is 88.1 Å². The highest BCUT2D eigenvalue weighted by Gasteiger charge is 2.19. The number of carboxylic acids is 1. The van der Waals surface area contributed by atoms with E-state index in [1.54, 1.807) is 24.3 Å². The number of hydrogen-bond acceptors (Lipinski definition) is 4. The highest BCUT2D eigenvalue weighted by atomic mass is 19.1. The van der Waals surface area contributed by atoms with Gasteiger partial charge in [0.1, 0.15) is 11.6 Å². The Bertz CT molecular complexity index is 1150. The Balaban J connectivity index is 1.85. The largest absolute Gasteiger partial charge is 0.494 e. The van der Waals surface area contributed by atoms with Crippen LogP contribution in [0.4, 0.5) is 4.39 Å². The predicted octanol–water partition coefficient (Wildman–Crippen LogP) is 4.53. The number of carboxylic acid groups (broad SMARTS) is 1. The summed E-state index contributed by atoms with van der Waals surface area (Å²) in [4.78, 5) is 16.4. The molecule has 0 bridgehead atoms. The van der Waals surface area contributed by atoms with Crippen molar-refractivity contribution in [3.63, 3.8) is 0 Å². The fraction of sp³-hybridized carbons (Fsp3) is 0.0952. The van der Waals surface area contributed by atoms with Gasteiger partial charge in [0.2, 0.25) is 0 Å². The number of benzene rings is 2. The summed E-state index contributed by atoms with van der Waals surface area (Å²) >= 11 is 0. The number of ether oxygens (including phenoxy) is 1. The van der Waals surface area contributed by atoms with E-state index in [1.165, 1.54) is 18.2 Å². The maximum Gasteiger partial charge on any atom is 0.336 e.